The zero-order chi connectivity index (χ0) is 14.1. The number of benzene rings is 1. The number of carbonyl (C=O) groups is 1. The Balaban J connectivity index is 0.00000361. The van der Waals surface area contributed by atoms with Gasteiger partial charge >= 0.3 is 0 Å². The van der Waals surface area contributed by atoms with Crippen LogP contribution in [-0.4, -0.2) is 44.5 Å². The molecule has 0 aromatic heterocycles. The third kappa shape index (κ3) is 7.32. The summed E-state index contributed by atoms with van der Waals surface area (Å²) in [4.78, 5) is 17.1. The molecule has 0 radical (unpaired) electrons. The van der Waals surface area contributed by atoms with E-state index >= 15 is 0 Å². The van der Waals surface area contributed by atoms with E-state index in [0.29, 0.717) is 25.5 Å². The van der Waals surface area contributed by atoms with Gasteiger partial charge in [0.15, 0.2) is 5.96 Å². The molecule has 1 amide bonds. The molecule has 1 rings (SSSR count). The minimum Gasteiger partial charge on any atom is -0.356 e. The minimum atomic E-state index is 0. The van der Waals surface area contributed by atoms with Gasteiger partial charge in [0.2, 0.25) is 5.91 Å². The first-order valence-corrected chi connectivity index (χ1v) is 6.32. The molecule has 0 unspecified atom stereocenters. The van der Waals surface area contributed by atoms with Crippen molar-refractivity contribution in [1.82, 2.24) is 15.5 Å². The molecule has 0 aliphatic heterocycles. The predicted octanol–water partition coefficient (Wildman–Crippen LogP) is 1.45. The maximum atomic E-state index is 11.4. The number of aliphatic imine (C=N–C) groups is 1. The second-order valence-corrected chi connectivity index (χ2v) is 4.38. The summed E-state index contributed by atoms with van der Waals surface area (Å²) in [6.07, 6.45) is 0.457. The van der Waals surface area contributed by atoms with Crippen LogP contribution in [0, 0.1) is 0 Å². The Hall–Kier alpha value is -1.31. The molecule has 112 valence electrons. The van der Waals surface area contributed by atoms with E-state index in [2.05, 4.69) is 27.8 Å². The van der Waals surface area contributed by atoms with Gasteiger partial charge in [0.25, 0.3) is 0 Å². The lowest BCUT2D eigenvalue weighted by atomic mass is 10.2. The molecule has 0 saturated heterocycles. The smallest absolute Gasteiger partial charge is 0.223 e. The molecule has 0 heterocycles. The molecule has 5 nitrogen and oxygen atoms in total. The van der Waals surface area contributed by atoms with Crippen molar-refractivity contribution >= 4 is 35.8 Å². The molecule has 0 aliphatic rings. The maximum Gasteiger partial charge on any atom is 0.223 e. The van der Waals surface area contributed by atoms with Gasteiger partial charge in [0, 0.05) is 40.7 Å². The zero-order valence-corrected chi connectivity index (χ0v) is 14.5. The van der Waals surface area contributed by atoms with Gasteiger partial charge in [-0.05, 0) is 5.56 Å². The van der Waals surface area contributed by atoms with Crippen LogP contribution in [0.2, 0.25) is 0 Å². The zero-order valence-electron chi connectivity index (χ0n) is 12.2. The van der Waals surface area contributed by atoms with Gasteiger partial charge < -0.3 is 15.5 Å². The average molecular weight is 390 g/mol. The number of nitrogens with zero attached hydrogens (tertiary/aromatic N) is 2. The lowest BCUT2D eigenvalue weighted by molar-refractivity contribution is -0.128. The van der Waals surface area contributed by atoms with E-state index in [0.717, 1.165) is 0 Å². The number of carbonyl (C=O) groups excluding carboxylic acids is 1. The van der Waals surface area contributed by atoms with Crippen LogP contribution in [0.1, 0.15) is 12.0 Å². The van der Waals surface area contributed by atoms with Crippen molar-refractivity contribution in [3.8, 4) is 0 Å². The Morgan fingerprint density at radius 2 is 1.85 bits per heavy atom. The van der Waals surface area contributed by atoms with Crippen LogP contribution in [0.15, 0.2) is 35.3 Å². The SMILES string of the molecule is CN=C(NCCC(=O)N(C)C)NCc1ccccc1.I. The number of amides is 1. The van der Waals surface area contributed by atoms with Crippen LogP contribution < -0.4 is 10.6 Å². The van der Waals surface area contributed by atoms with Gasteiger partial charge in [-0.25, -0.2) is 0 Å². The van der Waals surface area contributed by atoms with Crippen molar-refractivity contribution in [1.29, 1.82) is 0 Å². The Bertz CT molecular complexity index is 420. The summed E-state index contributed by atoms with van der Waals surface area (Å²) < 4.78 is 0. The first kappa shape index (κ1) is 18.7. The summed E-state index contributed by atoms with van der Waals surface area (Å²) in [7, 11) is 5.23. The van der Waals surface area contributed by atoms with Gasteiger partial charge in [0.05, 0.1) is 0 Å². The highest BCUT2D eigenvalue weighted by Crippen LogP contribution is 1.96. The third-order valence-corrected chi connectivity index (χ3v) is 2.66. The molecule has 1 aromatic carbocycles. The van der Waals surface area contributed by atoms with E-state index in [1.807, 2.05) is 18.2 Å². The second-order valence-electron chi connectivity index (χ2n) is 4.38. The van der Waals surface area contributed by atoms with Crippen LogP contribution in [0.3, 0.4) is 0 Å². The first-order valence-electron chi connectivity index (χ1n) is 6.32. The Labute approximate surface area is 137 Å². The van der Waals surface area contributed by atoms with Crippen LogP contribution in [0.4, 0.5) is 0 Å². The highest BCUT2D eigenvalue weighted by molar-refractivity contribution is 14.0. The summed E-state index contributed by atoms with van der Waals surface area (Å²) in [5.74, 6) is 0.807. The van der Waals surface area contributed by atoms with E-state index < -0.39 is 0 Å². The Kier molecular flexibility index (Phi) is 9.79. The van der Waals surface area contributed by atoms with Gasteiger partial charge in [-0.3, -0.25) is 9.79 Å². The van der Waals surface area contributed by atoms with Crippen molar-refractivity contribution in [3.05, 3.63) is 35.9 Å². The van der Waals surface area contributed by atoms with Crippen molar-refractivity contribution < 1.29 is 4.79 Å². The number of hydrogen-bond acceptors (Lipinski definition) is 2. The molecule has 0 saturated carbocycles. The lowest BCUT2D eigenvalue weighted by Gasteiger charge is -2.13. The normalized spacial score (nSPS) is 10.4. The van der Waals surface area contributed by atoms with Crippen molar-refractivity contribution in [3.63, 3.8) is 0 Å². The van der Waals surface area contributed by atoms with Crippen LogP contribution >= 0.6 is 24.0 Å². The van der Waals surface area contributed by atoms with E-state index in [-0.39, 0.29) is 29.9 Å². The second kappa shape index (κ2) is 10.5. The molecule has 1 aromatic rings. The highest BCUT2D eigenvalue weighted by Gasteiger charge is 2.04. The van der Waals surface area contributed by atoms with Crippen molar-refractivity contribution in [2.75, 3.05) is 27.7 Å². The predicted molar refractivity (Wildman–Crippen MR) is 93.4 cm³/mol. The fourth-order valence-electron chi connectivity index (χ4n) is 1.51. The topological polar surface area (TPSA) is 56.7 Å². The number of halogens is 1. The summed E-state index contributed by atoms with van der Waals surface area (Å²) in [6, 6.07) is 10.1. The van der Waals surface area contributed by atoms with Crippen molar-refractivity contribution in [2.24, 2.45) is 4.99 Å². The summed E-state index contributed by atoms with van der Waals surface area (Å²) in [5, 5.41) is 6.32. The van der Waals surface area contributed by atoms with E-state index in [1.54, 1.807) is 26.0 Å². The molecule has 20 heavy (non-hydrogen) atoms. The molecular formula is C14H23IN4O. The van der Waals surface area contributed by atoms with E-state index in [9.17, 15) is 4.79 Å². The Morgan fingerprint density at radius 1 is 1.20 bits per heavy atom. The van der Waals surface area contributed by atoms with Crippen LogP contribution in [0.25, 0.3) is 0 Å². The number of nitrogens with one attached hydrogen (secondary N) is 2. The van der Waals surface area contributed by atoms with Gasteiger partial charge in [0.1, 0.15) is 0 Å². The van der Waals surface area contributed by atoms with E-state index in [4.69, 9.17) is 0 Å². The lowest BCUT2D eigenvalue weighted by Crippen LogP contribution is -2.38. The van der Waals surface area contributed by atoms with Gasteiger partial charge in [-0.1, -0.05) is 30.3 Å². The van der Waals surface area contributed by atoms with Crippen LogP contribution in [0.5, 0.6) is 0 Å². The molecule has 0 atom stereocenters. The minimum absolute atomic E-state index is 0. The van der Waals surface area contributed by atoms with E-state index in [1.165, 1.54) is 5.56 Å². The molecule has 0 aliphatic carbocycles. The summed E-state index contributed by atoms with van der Waals surface area (Å²) >= 11 is 0. The molecular weight excluding hydrogens is 367 g/mol. The van der Waals surface area contributed by atoms with Gasteiger partial charge in [-0.2, -0.15) is 0 Å². The number of hydrogen-bond donors (Lipinski definition) is 2. The number of rotatable bonds is 5. The number of guanidine groups is 1. The van der Waals surface area contributed by atoms with Gasteiger partial charge in [-0.15, -0.1) is 24.0 Å². The summed E-state index contributed by atoms with van der Waals surface area (Å²) in [5.41, 5.74) is 1.19. The average Bonchev–Trinajstić information content (AvgIpc) is 2.43. The highest BCUT2D eigenvalue weighted by atomic mass is 127. The fourth-order valence-corrected chi connectivity index (χ4v) is 1.51. The third-order valence-electron chi connectivity index (χ3n) is 2.66. The maximum absolute atomic E-state index is 11.4. The van der Waals surface area contributed by atoms with Crippen LogP contribution in [-0.2, 0) is 11.3 Å². The standard InChI is InChI=1S/C14H22N4O.HI/c1-15-14(16-10-9-13(19)18(2)3)17-11-12-7-5-4-6-8-12;/h4-8H,9-11H2,1-3H3,(H2,15,16,17);1H. The molecule has 0 bridgehead atoms. The largest absolute Gasteiger partial charge is 0.356 e. The Morgan fingerprint density at radius 3 is 2.40 bits per heavy atom. The molecule has 0 spiro atoms. The molecule has 6 heteroatoms. The van der Waals surface area contributed by atoms with Crippen molar-refractivity contribution in [2.45, 2.75) is 13.0 Å². The first-order chi connectivity index (χ1) is 9.13. The summed E-state index contributed by atoms with van der Waals surface area (Å²) in [6.45, 7) is 1.29. The monoisotopic (exact) mass is 390 g/mol. The molecule has 0 fully saturated rings. The molecule has 2 N–H and O–H groups in total. The fraction of sp³-hybridized carbons (Fsp3) is 0.429. The quantitative estimate of drug-likeness (QED) is 0.455.